The first-order valence-electron chi connectivity index (χ1n) is 4.38. The Hall–Kier alpha value is -1.58. The number of benzene rings is 1. The molecule has 1 rings (SSSR count). The van der Waals surface area contributed by atoms with Crippen LogP contribution < -0.4 is 5.32 Å². The summed E-state index contributed by atoms with van der Waals surface area (Å²) in [7, 11) is 0. The van der Waals surface area contributed by atoms with Crippen LogP contribution >= 0.6 is 0 Å². The van der Waals surface area contributed by atoms with Crippen molar-refractivity contribution >= 4 is 11.7 Å². The summed E-state index contributed by atoms with van der Waals surface area (Å²) in [6, 6.07) is 6.17. The molecule has 0 aliphatic carbocycles. The smallest absolute Gasteiger partial charge is 0.325 e. The number of ether oxygens (including phenoxy) is 1. The fraction of sp³-hybridized carbons (Fsp3) is 0.300. The van der Waals surface area contributed by atoms with Gasteiger partial charge < -0.3 is 10.1 Å². The van der Waals surface area contributed by atoms with E-state index in [1.165, 1.54) is 6.07 Å². The van der Waals surface area contributed by atoms with E-state index in [4.69, 9.17) is 0 Å². The highest BCUT2D eigenvalue weighted by Gasteiger charge is 2.03. The summed E-state index contributed by atoms with van der Waals surface area (Å²) < 4.78 is 17.7. The minimum Gasteiger partial charge on any atom is -0.465 e. The van der Waals surface area contributed by atoms with Gasteiger partial charge in [-0.2, -0.15) is 0 Å². The lowest BCUT2D eigenvalue weighted by atomic mass is 10.3. The van der Waals surface area contributed by atoms with Crippen LogP contribution in [-0.4, -0.2) is 19.1 Å². The molecule has 0 saturated carbocycles. The summed E-state index contributed by atoms with van der Waals surface area (Å²) in [4.78, 5) is 10.9. The molecule has 0 aromatic heterocycles. The molecule has 3 nitrogen and oxygen atoms in total. The van der Waals surface area contributed by atoms with Crippen molar-refractivity contribution in [3.05, 3.63) is 30.1 Å². The van der Waals surface area contributed by atoms with Gasteiger partial charge in [-0.15, -0.1) is 0 Å². The number of nitrogens with one attached hydrogen (secondary N) is 1. The Labute approximate surface area is 81.9 Å². The number of carbonyl (C=O) groups excluding carboxylic acids is 1. The highest BCUT2D eigenvalue weighted by molar-refractivity contribution is 5.74. The quantitative estimate of drug-likeness (QED) is 0.748. The van der Waals surface area contributed by atoms with Crippen LogP contribution in [0.3, 0.4) is 0 Å². The number of hydrogen-bond acceptors (Lipinski definition) is 3. The number of esters is 1. The molecular formula is C10H12FNO2. The van der Waals surface area contributed by atoms with E-state index in [9.17, 15) is 9.18 Å². The van der Waals surface area contributed by atoms with Crippen molar-refractivity contribution in [2.24, 2.45) is 0 Å². The van der Waals surface area contributed by atoms with Crippen LogP contribution in [0.5, 0.6) is 0 Å². The molecule has 0 radical (unpaired) electrons. The molecule has 1 aromatic carbocycles. The van der Waals surface area contributed by atoms with E-state index >= 15 is 0 Å². The van der Waals surface area contributed by atoms with Crippen molar-refractivity contribution in [1.29, 1.82) is 0 Å². The molecule has 0 fully saturated rings. The highest BCUT2D eigenvalue weighted by atomic mass is 19.1. The lowest BCUT2D eigenvalue weighted by Gasteiger charge is -2.06. The fourth-order valence-corrected chi connectivity index (χ4v) is 0.984. The minimum atomic E-state index is -0.393. The van der Waals surface area contributed by atoms with Crippen LogP contribution in [0.1, 0.15) is 6.92 Å². The van der Waals surface area contributed by atoms with E-state index in [-0.39, 0.29) is 12.4 Å². The monoisotopic (exact) mass is 197 g/mol. The zero-order valence-corrected chi connectivity index (χ0v) is 7.92. The Morgan fingerprint density at radius 2 is 2.21 bits per heavy atom. The number of rotatable bonds is 4. The van der Waals surface area contributed by atoms with Crippen molar-refractivity contribution < 1.29 is 13.9 Å². The minimum absolute atomic E-state index is 0.0191. The average Bonchev–Trinajstić information content (AvgIpc) is 2.17. The predicted octanol–water partition coefficient (Wildman–Crippen LogP) is 1.80. The van der Waals surface area contributed by atoms with Crippen molar-refractivity contribution in [3.63, 3.8) is 0 Å². The van der Waals surface area contributed by atoms with Crippen LogP contribution in [0.4, 0.5) is 10.1 Å². The molecule has 1 N–H and O–H groups in total. The molecule has 14 heavy (non-hydrogen) atoms. The first-order valence-corrected chi connectivity index (χ1v) is 4.38. The fourth-order valence-electron chi connectivity index (χ4n) is 0.984. The van der Waals surface area contributed by atoms with Crippen molar-refractivity contribution in [1.82, 2.24) is 0 Å². The third kappa shape index (κ3) is 3.05. The number of para-hydroxylation sites is 1. The SMILES string of the molecule is CCOC(=O)CNc1ccccc1F. The van der Waals surface area contributed by atoms with Crippen LogP contribution in [0, 0.1) is 5.82 Å². The normalized spacial score (nSPS) is 9.57. The van der Waals surface area contributed by atoms with Crippen LogP contribution in [0.2, 0.25) is 0 Å². The van der Waals surface area contributed by atoms with Crippen LogP contribution in [0.25, 0.3) is 0 Å². The van der Waals surface area contributed by atoms with Gasteiger partial charge in [0.15, 0.2) is 0 Å². The average molecular weight is 197 g/mol. The standard InChI is InChI=1S/C10H12FNO2/c1-2-14-10(13)7-12-9-6-4-3-5-8(9)11/h3-6,12H,2,7H2,1H3. The van der Waals surface area contributed by atoms with Crippen molar-refractivity contribution in [2.75, 3.05) is 18.5 Å². The predicted molar refractivity (Wildman–Crippen MR) is 51.5 cm³/mol. The highest BCUT2D eigenvalue weighted by Crippen LogP contribution is 2.11. The first-order chi connectivity index (χ1) is 6.74. The topological polar surface area (TPSA) is 38.3 Å². The van der Waals surface area contributed by atoms with E-state index in [2.05, 4.69) is 10.1 Å². The first kappa shape index (κ1) is 10.5. The molecule has 0 aliphatic rings. The molecule has 0 atom stereocenters. The maximum atomic E-state index is 13.0. The van der Waals surface area contributed by atoms with Gasteiger partial charge in [0.25, 0.3) is 0 Å². The summed E-state index contributed by atoms with van der Waals surface area (Å²) in [5, 5.41) is 2.65. The summed E-state index contributed by atoms with van der Waals surface area (Å²) in [6.45, 7) is 2.04. The zero-order chi connectivity index (χ0) is 10.4. The Bertz CT molecular complexity index is 315. The molecule has 0 heterocycles. The zero-order valence-electron chi connectivity index (χ0n) is 7.92. The van der Waals surface area contributed by atoms with E-state index < -0.39 is 5.97 Å². The number of halogens is 1. The van der Waals surface area contributed by atoms with E-state index in [0.717, 1.165) is 0 Å². The van der Waals surface area contributed by atoms with Gasteiger partial charge in [-0.3, -0.25) is 4.79 Å². The van der Waals surface area contributed by atoms with Gasteiger partial charge in [-0.25, -0.2) is 4.39 Å². The summed E-state index contributed by atoms with van der Waals surface area (Å²) in [6.07, 6.45) is 0. The third-order valence-corrected chi connectivity index (χ3v) is 1.60. The van der Waals surface area contributed by atoms with E-state index in [1.54, 1.807) is 25.1 Å². The van der Waals surface area contributed by atoms with Gasteiger partial charge in [-0.05, 0) is 19.1 Å². The Morgan fingerprint density at radius 1 is 1.50 bits per heavy atom. The van der Waals surface area contributed by atoms with Gasteiger partial charge in [0.2, 0.25) is 0 Å². The van der Waals surface area contributed by atoms with Gasteiger partial charge in [-0.1, -0.05) is 12.1 Å². The van der Waals surface area contributed by atoms with E-state index in [0.29, 0.717) is 12.3 Å². The maximum absolute atomic E-state index is 13.0. The third-order valence-electron chi connectivity index (χ3n) is 1.60. The molecule has 4 heteroatoms. The number of hydrogen-bond donors (Lipinski definition) is 1. The molecular weight excluding hydrogens is 185 g/mol. The molecule has 0 aliphatic heterocycles. The largest absolute Gasteiger partial charge is 0.465 e. The molecule has 0 unspecified atom stereocenters. The Balaban J connectivity index is 2.46. The van der Waals surface area contributed by atoms with E-state index in [1.807, 2.05) is 0 Å². The van der Waals surface area contributed by atoms with Crippen LogP contribution in [-0.2, 0) is 9.53 Å². The lowest BCUT2D eigenvalue weighted by molar-refractivity contribution is -0.140. The molecule has 0 bridgehead atoms. The molecule has 76 valence electrons. The summed E-state index contributed by atoms with van der Waals surface area (Å²) in [5.74, 6) is -0.771. The number of carbonyl (C=O) groups is 1. The molecule has 0 saturated heterocycles. The van der Waals surface area contributed by atoms with Gasteiger partial charge in [0.05, 0.1) is 12.3 Å². The van der Waals surface area contributed by atoms with Crippen molar-refractivity contribution in [3.8, 4) is 0 Å². The van der Waals surface area contributed by atoms with Gasteiger partial charge >= 0.3 is 5.97 Å². The Morgan fingerprint density at radius 3 is 2.86 bits per heavy atom. The molecule has 0 amide bonds. The lowest BCUT2D eigenvalue weighted by Crippen LogP contribution is -2.17. The summed E-state index contributed by atoms with van der Waals surface area (Å²) >= 11 is 0. The molecule has 1 aromatic rings. The molecule has 0 spiro atoms. The Kier molecular flexibility index (Phi) is 3.91. The van der Waals surface area contributed by atoms with Gasteiger partial charge in [0, 0.05) is 0 Å². The second kappa shape index (κ2) is 5.21. The second-order valence-electron chi connectivity index (χ2n) is 2.64. The summed E-state index contributed by atoms with van der Waals surface area (Å²) in [5.41, 5.74) is 0.306. The number of anilines is 1. The van der Waals surface area contributed by atoms with Crippen molar-refractivity contribution in [2.45, 2.75) is 6.92 Å². The second-order valence-corrected chi connectivity index (χ2v) is 2.64. The maximum Gasteiger partial charge on any atom is 0.325 e. The van der Waals surface area contributed by atoms with Gasteiger partial charge in [0.1, 0.15) is 12.4 Å². The van der Waals surface area contributed by atoms with Crippen LogP contribution in [0.15, 0.2) is 24.3 Å².